The first-order chi connectivity index (χ1) is 12.0. The maximum Gasteiger partial charge on any atom is 0.303 e. The molecule has 4 nitrogen and oxygen atoms in total. The van der Waals surface area contributed by atoms with E-state index in [1.165, 1.54) is 0 Å². The second kappa shape index (κ2) is 7.09. The number of rotatable bonds is 6. The Bertz CT molecular complexity index is 793. The van der Waals surface area contributed by atoms with Crippen LogP contribution in [0.4, 0.5) is 5.69 Å². The summed E-state index contributed by atoms with van der Waals surface area (Å²) in [6, 6.07) is 15.5. The standard InChI is InChI=1S/C21H23NO3/c1-15-6-2-3-9-18(15)21(12-5-13-21)20(25)22-17-8-4-7-16(14-17)10-11-19(23)24/h2-4,6-9,14H,5,10-13H2,1H3,(H,22,25)(H,23,24). The fourth-order valence-corrected chi connectivity index (χ4v) is 3.57. The number of aliphatic carboxylic acids is 1. The van der Waals surface area contributed by atoms with Crippen LogP contribution in [0.2, 0.25) is 0 Å². The summed E-state index contributed by atoms with van der Waals surface area (Å²) in [4.78, 5) is 23.8. The van der Waals surface area contributed by atoms with Crippen molar-refractivity contribution in [1.82, 2.24) is 0 Å². The van der Waals surface area contributed by atoms with E-state index >= 15 is 0 Å². The molecule has 0 unspecified atom stereocenters. The van der Waals surface area contributed by atoms with Crippen molar-refractivity contribution in [2.45, 2.75) is 44.4 Å². The Labute approximate surface area is 147 Å². The lowest BCUT2D eigenvalue weighted by Gasteiger charge is -2.41. The van der Waals surface area contributed by atoms with Gasteiger partial charge in [0.1, 0.15) is 0 Å². The highest BCUT2D eigenvalue weighted by Gasteiger charge is 2.46. The predicted octanol–water partition coefficient (Wildman–Crippen LogP) is 4.07. The summed E-state index contributed by atoms with van der Waals surface area (Å²) in [5, 5.41) is 11.9. The molecule has 0 spiro atoms. The Morgan fingerprint density at radius 1 is 1.12 bits per heavy atom. The van der Waals surface area contributed by atoms with Crippen molar-refractivity contribution in [3.05, 3.63) is 65.2 Å². The summed E-state index contributed by atoms with van der Waals surface area (Å²) in [6.45, 7) is 2.05. The highest BCUT2D eigenvalue weighted by atomic mass is 16.4. The second-order valence-corrected chi connectivity index (χ2v) is 6.80. The molecule has 1 amide bonds. The number of hydrogen-bond acceptors (Lipinski definition) is 2. The number of anilines is 1. The summed E-state index contributed by atoms with van der Waals surface area (Å²) in [5.41, 5.74) is 3.46. The molecule has 4 heteroatoms. The van der Waals surface area contributed by atoms with Crippen molar-refractivity contribution in [1.29, 1.82) is 0 Å². The molecule has 2 N–H and O–H groups in total. The van der Waals surface area contributed by atoms with Crippen LogP contribution in [0.25, 0.3) is 0 Å². The summed E-state index contributed by atoms with van der Waals surface area (Å²) in [7, 11) is 0. The average Bonchev–Trinajstić information content (AvgIpc) is 2.54. The smallest absolute Gasteiger partial charge is 0.303 e. The van der Waals surface area contributed by atoms with Crippen molar-refractivity contribution >= 4 is 17.6 Å². The average molecular weight is 337 g/mol. The van der Waals surface area contributed by atoms with E-state index in [9.17, 15) is 9.59 Å². The number of benzene rings is 2. The van der Waals surface area contributed by atoms with Gasteiger partial charge in [0.25, 0.3) is 0 Å². The van der Waals surface area contributed by atoms with Crippen LogP contribution in [-0.2, 0) is 21.4 Å². The molecule has 1 saturated carbocycles. The molecule has 3 rings (SSSR count). The minimum atomic E-state index is -0.817. The van der Waals surface area contributed by atoms with E-state index in [0.29, 0.717) is 6.42 Å². The lowest BCUT2D eigenvalue weighted by Crippen LogP contribution is -2.46. The highest BCUT2D eigenvalue weighted by molar-refractivity contribution is 6.00. The first kappa shape index (κ1) is 17.2. The molecule has 0 saturated heterocycles. The normalized spacial score (nSPS) is 15.2. The van der Waals surface area contributed by atoms with E-state index in [1.807, 2.05) is 36.4 Å². The van der Waals surface area contributed by atoms with Crippen molar-refractivity contribution in [2.24, 2.45) is 0 Å². The van der Waals surface area contributed by atoms with Gasteiger partial charge in [-0.15, -0.1) is 0 Å². The fourth-order valence-electron chi connectivity index (χ4n) is 3.57. The highest BCUT2D eigenvalue weighted by Crippen LogP contribution is 2.45. The van der Waals surface area contributed by atoms with Crippen molar-refractivity contribution < 1.29 is 14.7 Å². The third-order valence-electron chi connectivity index (χ3n) is 5.11. The molecule has 0 atom stereocenters. The SMILES string of the molecule is Cc1ccccc1C1(C(=O)Nc2cccc(CCC(=O)O)c2)CCC1. The van der Waals surface area contributed by atoms with Crippen molar-refractivity contribution in [2.75, 3.05) is 5.32 Å². The Morgan fingerprint density at radius 2 is 1.88 bits per heavy atom. The number of carbonyl (C=O) groups excluding carboxylic acids is 1. The molecule has 1 fully saturated rings. The van der Waals surface area contributed by atoms with Crippen LogP contribution in [0.1, 0.15) is 42.4 Å². The van der Waals surface area contributed by atoms with E-state index in [0.717, 1.165) is 41.6 Å². The van der Waals surface area contributed by atoms with Gasteiger partial charge in [0.2, 0.25) is 5.91 Å². The topological polar surface area (TPSA) is 66.4 Å². The molecule has 2 aromatic carbocycles. The molecule has 25 heavy (non-hydrogen) atoms. The molecular formula is C21H23NO3. The summed E-state index contributed by atoms with van der Waals surface area (Å²) < 4.78 is 0. The molecule has 0 aromatic heterocycles. The van der Waals surface area contributed by atoms with Crippen LogP contribution >= 0.6 is 0 Å². The zero-order valence-electron chi connectivity index (χ0n) is 14.4. The molecule has 1 aliphatic rings. The zero-order valence-corrected chi connectivity index (χ0v) is 14.4. The maximum absolute atomic E-state index is 13.0. The molecular weight excluding hydrogens is 314 g/mol. The maximum atomic E-state index is 13.0. The van der Waals surface area contributed by atoms with E-state index in [1.54, 1.807) is 0 Å². The Morgan fingerprint density at radius 3 is 2.52 bits per heavy atom. The molecule has 0 bridgehead atoms. The first-order valence-corrected chi connectivity index (χ1v) is 8.69. The minimum absolute atomic E-state index is 0.0310. The quantitative estimate of drug-likeness (QED) is 0.835. The number of carboxylic acids is 1. The van der Waals surface area contributed by atoms with Gasteiger partial charge >= 0.3 is 5.97 Å². The molecule has 130 valence electrons. The van der Waals surface area contributed by atoms with Gasteiger partial charge in [-0.05, 0) is 55.0 Å². The van der Waals surface area contributed by atoms with Gasteiger partial charge in [0.05, 0.1) is 5.41 Å². The van der Waals surface area contributed by atoms with Gasteiger partial charge in [-0.25, -0.2) is 0 Å². The second-order valence-electron chi connectivity index (χ2n) is 6.80. The number of aryl methyl sites for hydroxylation is 2. The predicted molar refractivity (Wildman–Crippen MR) is 97.7 cm³/mol. The molecule has 0 heterocycles. The Hall–Kier alpha value is -2.62. The van der Waals surface area contributed by atoms with E-state index in [2.05, 4.69) is 24.4 Å². The monoisotopic (exact) mass is 337 g/mol. The Balaban J connectivity index is 1.78. The van der Waals surface area contributed by atoms with Crippen LogP contribution < -0.4 is 5.32 Å². The van der Waals surface area contributed by atoms with Crippen LogP contribution in [0.5, 0.6) is 0 Å². The number of nitrogens with one attached hydrogen (secondary N) is 1. The number of hydrogen-bond donors (Lipinski definition) is 2. The number of carbonyl (C=O) groups is 2. The lowest BCUT2D eigenvalue weighted by molar-refractivity contribution is -0.137. The van der Waals surface area contributed by atoms with Gasteiger partial charge in [-0.1, -0.05) is 42.8 Å². The number of carboxylic acid groups (broad SMARTS) is 1. The van der Waals surface area contributed by atoms with Crippen molar-refractivity contribution in [3.63, 3.8) is 0 Å². The first-order valence-electron chi connectivity index (χ1n) is 8.69. The van der Waals surface area contributed by atoms with Gasteiger partial charge in [0.15, 0.2) is 0 Å². The van der Waals surface area contributed by atoms with Crippen LogP contribution in [0.3, 0.4) is 0 Å². The van der Waals surface area contributed by atoms with Gasteiger partial charge < -0.3 is 10.4 Å². The fraction of sp³-hybridized carbons (Fsp3) is 0.333. The van der Waals surface area contributed by atoms with E-state index in [4.69, 9.17) is 5.11 Å². The third kappa shape index (κ3) is 3.58. The number of amides is 1. The van der Waals surface area contributed by atoms with E-state index in [-0.39, 0.29) is 12.3 Å². The Kier molecular flexibility index (Phi) is 4.88. The van der Waals surface area contributed by atoms with Crippen LogP contribution in [-0.4, -0.2) is 17.0 Å². The third-order valence-corrected chi connectivity index (χ3v) is 5.11. The minimum Gasteiger partial charge on any atom is -0.481 e. The molecule has 0 radical (unpaired) electrons. The van der Waals surface area contributed by atoms with E-state index < -0.39 is 11.4 Å². The summed E-state index contributed by atoms with van der Waals surface area (Å²) in [6.07, 6.45) is 3.33. The van der Waals surface area contributed by atoms with Gasteiger partial charge in [-0.3, -0.25) is 9.59 Å². The van der Waals surface area contributed by atoms with Gasteiger partial charge in [0, 0.05) is 12.1 Å². The lowest BCUT2D eigenvalue weighted by atomic mass is 9.62. The molecule has 1 aliphatic carbocycles. The van der Waals surface area contributed by atoms with Crippen molar-refractivity contribution in [3.8, 4) is 0 Å². The summed E-state index contributed by atoms with van der Waals surface area (Å²) in [5.74, 6) is -0.786. The summed E-state index contributed by atoms with van der Waals surface area (Å²) >= 11 is 0. The molecule has 2 aromatic rings. The largest absolute Gasteiger partial charge is 0.481 e. The van der Waals surface area contributed by atoms with Crippen LogP contribution in [0, 0.1) is 6.92 Å². The molecule has 0 aliphatic heterocycles. The van der Waals surface area contributed by atoms with Crippen LogP contribution in [0.15, 0.2) is 48.5 Å². The zero-order chi connectivity index (χ0) is 17.9. The van der Waals surface area contributed by atoms with Gasteiger partial charge in [-0.2, -0.15) is 0 Å².